The zero-order valence-corrected chi connectivity index (χ0v) is 10.7. The lowest BCUT2D eigenvalue weighted by atomic mass is 9.92. The molecule has 0 fully saturated rings. The summed E-state index contributed by atoms with van der Waals surface area (Å²) in [7, 11) is 0. The van der Waals surface area contributed by atoms with E-state index in [1.165, 1.54) is 0 Å². The molecule has 0 radical (unpaired) electrons. The van der Waals surface area contributed by atoms with Crippen LogP contribution in [0.2, 0.25) is 0 Å². The van der Waals surface area contributed by atoms with Gasteiger partial charge in [0.2, 0.25) is 0 Å². The predicted octanol–water partition coefficient (Wildman–Crippen LogP) is 3.03. The van der Waals surface area contributed by atoms with Crippen LogP contribution in [-0.2, 0) is 9.53 Å². The number of carbonyl (C=O) groups is 1. The van der Waals surface area contributed by atoms with Crippen molar-refractivity contribution in [2.75, 3.05) is 12.3 Å². The van der Waals surface area contributed by atoms with Crippen molar-refractivity contribution >= 4 is 11.5 Å². The lowest BCUT2D eigenvalue weighted by Crippen LogP contribution is -2.11. The Labute approximate surface area is 108 Å². The van der Waals surface area contributed by atoms with Crippen molar-refractivity contribution in [1.82, 2.24) is 0 Å². The minimum atomic E-state index is 0.194. The van der Waals surface area contributed by atoms with Gasteiger partial charge in [0.1, 0.15) is 0 Å². The van der Waals surface area contributed by atoms with Gasteiger partial charge >= 0.3 is 0 Å². The van der Waals surface area contributed by atoms with E-state index in [4.69, 9.17) is 10.5 Å². The number of carbonyl (C=O) groups excluding carboxylic acids is 1. The van der Waals surface area contributed by atoms with Crippen LogP contribution < -0.4 is 5.73 Å². The molecule has 0 saturated carbocycles. The van der Waals surface area contributed by atoms with Gasteiger partial charge in [-0.25, -0.2) is 0 Å². The number of nitrogens with two attached hydrogens (primary N) is 1. The number of rotatable bonds is 4. The standard InChI is InChI=1S/C15H19NO2/c1-11(12-4-6-14(16)7-5-12)9-15(17)13-3-2-8-18-10-13/h4-7,10-11H,2-3,8-9,16H2,1H3. The van der Waals surface area contributed by atoms with Gasteiger partial charge < -0.3 is 10.5 Å². The Bertz CT molecular complexity index is 448. The summed E-state index contributed by atoms with van der Waals surface area (Å²) in [4.78, 5) is 12.1. The molecule has 2 N–H and O–H groups in total. The number of Topliss-reactive ketones (excluding diaryl/α,β-unsaturated/α-hetero) is 1. The van der Waals surface area contributed by atoms with Crippen LogP contribution in [0.25, 0.3) is 0 Å². The molecule has 1 aromatic rings. The highest BCUT2D eigenvalue weighted by atomic mass is 16.5. The van der Waals surface area contributed by atoms with Crippen LogP contribution in [0.4, 0.5) is 5.69 Å². The number of hydrogen-bond acceptors (Lipinski definition) is 3. The largest absolute Gasteiger partial charge is 0.501 e. The third-order valence-electron chi connectivity index (χ3n) is 3.29. The summed E-state index contributed by atoms with van der Waals surface area (Å²) < 4.78 is 5.21. The van der Waals surface area contributed by atoms with Gasteiger partial charge in [-0.15, -0.1) is 0 Å². The van der Waals surface area contributed by atoms with Crippen molar-refractivity contribution in [2.45, 2.75) is 32.1 Å². The fourth-order valence-electron chi connectivity index (χ4n) is 2.12. The molecule has 0 amide bonds. The van der Waals surface area contributed by atoms with Crippen molar-refractivity contribution in [3.05, 3.63) is 41.7 Å². The van der Waals surface area contributed by atoms with Crippen LogP contribution in [0, 0.1) is 0 Å². The van der Waals surface area contributed by atoms with Crippen molar-refractivity contribution < 1.29 is 9.53 Å². The van der Waals surface area contributed by atoms with Crippen LogP contribution >= 0.6 is 0 Å². The Balaban J connectivity index is 1.98. The van der Waals surface area contributed by atoms with Crippen LogP contribution in [0.1, 0.15) is 37.7 Å². The normalized spacial score (nSPS) is 16.6. The molecule has 1 atom stereocenters. The first-order valence-corrected chi connectivity index (χ1v) is 6.36. The molecule has 3 nitrogen and oxygen atoms in total. The quantitative estimate of drug-likeness (QED) is 0.829. The van der Waals surface area contributed by atoms with E-state index in [0.29, 0.717) is 6.42 Å². The Hall–Kier alpha value is -1.77. The van der Waals surface area contributed by atoms with Gasteiger partial charge in [0.15, 0.2) is 5.78 Å². The van der Waals surface area contributed by atoms with Gasteiger partial charge in [-0.2, -0.15) is 0 Å². The number of allylic oxidation sites excluding steroid dienone is 1. The molecule has 0 aromatic heterocycles. The minimum absolute atomic E-state index is 0.194. The molecule has 1 aliphatic heterocycles. The molecule has 0 saturated heterocycles. The highest BCUT2D eigenvalue weighted by Gasteiger charge is 2.17. The van der Waals surface area contributed by atoms with E-state index in [9.17, 15) is 4.79 Å². The molecule has 2 rings (SSSR count). The van der Waals surface area contributed by atoms with Crippen molar-refractivity contribution in [2.24, 2.45) is 0 Å². The average molecular weight is 245 g/mol. The number of anilines is 1. The third kappa shape index (κ3) is 3.13. The molecular formula is C15H19NO2. The maximum absolute atomic E-state index is 12.1. The molecule has 0 aliphatic carbocycles. The van der Waals surface area contributed by atoms with Gasteiger partial charge in [0.05, 0.1) is 12.9 Å². The Morgan fingerprint density at radius 2 is 2.11 bits per heavy atom. The highest BCUT2D eigenvalue weighted by Crippen LogP contribution is 2.24. The van der Waals surface area contributed by atoms with E-state index in [2.05, 4.69) is 6.92 Å². The van der Waals surface area contributed by atoms with Gasteiger partial charge in [-0.3, -0.25) is 4.79 Å². The second-order valence-corrected chi connectivity index (χ2v) is 4.81. The zero-order valence-electron chi connectivity index (χ0n) is 10.7. The fraction of sp³-hybridized carbons (Fsp3) is 0.400. The first-order chi connectivity index (χ1) is 8.66. The minimum Gasteiger partial charge on any atom is -0.501 e. The van der Waals surface area contributed by atoms with Gasteiger partial charge in [0.25, 0.3) is 0 Å². The Morgan fingerprint density at radius 1 is 1.39 bits per heavy atom. The second kappa shape index (κ2) is 5.71. The lowest BCUT2D eigenvalue weighted by Gasteiger charge is -2.15. The van der Waals surface area contributed by atoms with E-state index >= 15 is 0 Å². The summed E-state index contributed by atoms with van der Waals surface area (Å²) in [6, 6.07) is 7.72. The Kier molecular flexibility index (Phi) is 4.03. The number of ether oxygens (including phenoxy) is 1. The summed E-state index contributed by atoms with van der Waals surface area (Å²) >= 11 is 0. The summed E-state index contributed by atoms with van der Waals surface area (Å²) in [5.74, 6) is 0.403. The number of benzene rings is 1. The van der Waals surface area contributed by atoms with E-state index in [-0.39, 0.29) is 11.7 Å². The zero-order chi connectivity index (χ0) is 13.0. The van der Waals surface area contributed by atoms with E-state index in [0.717, 1.165) is 36.3 Å². The van der Waals surface area contributed by atoms with Gasteiger partial charge in [-0.05, 0) is 36.5 Å². The first kappa shape index (κ1) is 12.7. The lowest BCUT2D eigenvalue weighted by molar-refractivity contribution is -0.116. The average Bonchev–Trinajstić information content (AvgIpc) is 2.40. The Morgan fingerprint density at radius 3 is 2.72 bits per heavy atom. The smallest absolute Gasteiger partial charge is 0.162 e. The van der Waals surface area contributed by atoms with Crippen molar-refractivity contribution in [3.8, 4) is 0 Å². The van der Waals surface area contributed by atoms with Crippen LogP contribution in [0.15, 0.2) is 36.1 Å². The van der Waals surface area contributed by atoms with Crippen LogP contribution in [-0.4, -0.2) is 12.4 Å². The van der Waals surface area contributed by atoms with Crippen molar-refractivity contribution in [3.63, 3.8) is 0 Å². The monoisotopic (exact) mass is 245 g/mol. The molecule has 1 heterocycles. The molecule has 1 aromatic carbocycles. The van der Waals surface area contributed by atoms with Crippen molar-refractivity contribution in [1.29, 1.82) is 0 Å². The van der Waals surface area contributed by atoms with E-state index in [1.807, 2.05) is 24.3 Å². The molecule has 0 bridgehead atoms. The summed E-state index contributed by atoms with van der Waals surface area (Å²) in [5.41, 5.74) is 8.37. The SMILES string of the molecule is CC(CC(=O)C1=COCCC1)c1ccc(N)cc1. The summed E-state index contributed by atoms with van der Waals surface area (Å²) in [6.45, 7) is 2.79. The molecule has 1 aliphatic rings. The number of ketones is 1. The van der Waals surface area contributed by atoms with Crippen LogP contribution in [0.5, 0.6) is 0 Å². The molecule has 96 valence electrons. The third-order valence-corrected chi connectivity index (χ3v) is 3.29. The summed E-state index contributed by atoms with van der Waals surface area (Å²) in [6.07, 6.45) is 3.93. The van der Waals surface area contributed by atoms with E-state index < -0.39 is 0 Å². The predicted molar refractivity (Wildman–Crippen MR) is 72.2 cm³/mol. The first-order valence-electron chi connectivity index (χ1n) is 6.36. The molecule has 3 heteroatoms. The highest BCUT2D eigenvalue weighted by molar-refractivity contribution is 5.95. The molecule has 0 spiro atoms. The maximum atomic E-state index is 12.1. The molecule has 1 unspecified atom stereocenters. The van der Waals surface area contributed by atoms with Gasteiger partial charge in [0, 0.05) is 17.7 Å². The topological polar surface area (TPSA) is 52.3 Å². The number of nitrogen functional groups attached to an aromatic ring is 1. The van der Waals surface area contributed by atoms with E-state index in [1.54, 1.807) is 6.26 Å². The second-order valence-electron chi connectivity index (χ2n) is 4.81. The molecular weight excluding hydrogens is 226 g/mol. The van der Waals surface area contributed by atoms with Crippen LogP contribution in [0.3, 0.4) is 0 Å². The fourth-order valence-corrected chi connectivity index (χ4v) is 2.12. The summed E-state index contributed by atoms with van der Waals surface area (Å²) in [5, 5.41) is 0. The number of hydrogen-bond donors (Lipinski definition) is 1. The maximum Gasteiger partial charge on any atom is 0.162 e. The molecule has 18 heavy (non-hydrogen) atoms. The van der Waals surface area contributed by atoms with Gasteiger partial charge in [-0.1, -0.05) is 19.1 Å².